The number of benzene rings is 1. The maximum Gasteiger partial charge on any atom is 0.414 e. The monoisotopic (exact) mass is 535 g/mol. The number of rotatable bonds is 2. The van der Waals surface area contributed by atoms with E-state index in [1.807, 2.05) is 0 Å². The van der Waals surface area contributed by atoms with Gasteiger partial charge in [0, 0.05) is 45.0 Å². The van der Waals surface area contributed by atoms with Crippen molar-refractivity contribution in [1.29, 1.82) is 0 Å². The first-order valence-corrected chi connectivity index (χ1v) is 12.2. The maximum absolute atomic E-state index is 15.4. The van der Waals surface area contributed by atoms with Crippen molar-refractivity contribution < 1.29 is 18.3 Å². The lowest BCUT2D eigenvalue weighted by atomic mass is 10.0. The van der Waals surface area contributed by atoms with Gasteiger partial charge in [-0.25, -0.2) is 18.6 Å². The van der Waals surface area contributed by atoms with Crippen LogP contribution >= 0.6 is 15.9 Å². The van der Waals surface area contributed by atoms with Gasteiger partial charge >= 0.3 is 6.09 Å². The molecule has 182 valence electrons. The number of hydrogen-bond donors (Lipinski definition) is 1. The number of anilines is 2. The third kappa shape index (κ3) is 3.71. The van der Waals surface area contributed by atoms with Crippen molar-refractivity contribution in [2.75, 3.05) is 43.5 Å². The molecular formula is C24H28BrF2N5O2. The lowest BCUT2D eigenvalue weighted by Crippen LogP contribution is -2.35. The molecule has 34 heavy (non-hydrogen) atoms. The average molecular weight is 536 g/mol. The first-order chi connectivity index (χ1) is 16.0. The van der Waals surface area contributed by atoms with Crippen LogP contribution < -0.4 is 9.80 Å². The molecule has 2 atom stereocenters. The standard InChI is InChI=1S/C24H28BrF2N5O2/c1-24(2,3)34-23(33)31(5)15-8-14(26)19(27)17-18-21(13(25)9-28-22(18)29-20(15)17)32-7-6-12-10-30(4)11-16(12)32/h8-9,12,16H,6-7,10-11H2,1-5H3,(H,28,29)/t12?,16-/m1/s1. The third-order valence-corrected chi connectivity index (χ3v) is 7.33. The van der Waals surface area contributed by atoms with Crippen LogP contribution in [0.25, 0.3) is 21.9 Å². The molecule has 4 heterocycles. The largest absolute Gasteiger partial charge is 0.443 e. The molecule has 2 fully saturated rings. The summed E-state index contributed by atoms with van der Waals surface area (Å²) in [6.45, 7) is 8.01. The Morgan fingerprint density at radius 2 is 2.03 bits per heavy atom. The van der Waals surface area contributed by atoms with E-state index in [9.17, 15) is 9.18 Å². The van der Waals surface area contributed by atoms with Crippen molar-refractivity contribution in [3.05, 3.63) is 28.4 Å². The highest BCUT2D eigenvalue weighted by Crippen LogP contribution is 2.45. The number of nitrogens with zero attached hydrogens (tertiary/aromatic N) is 4. The molecule has 2 aliphatic rings. The highest BCUT2D eigenvalue weighted by molar-refractivity contribution is 9.10. The quantitative estimate of drug-likeness (QED) is 0.484. The summed E-state index contributed by atoms with van der Waals surface area (Å²) >= 11 is 3.62. The Hall–Kier alpha value is -2.46. The van der Waals surface area contributed by atoms with Gasteiger partial charge in [-0.1, -0.05) is 0 Å². The van der Waals surface area contributed by atoms with Crippen molar-refractivity contribution in [1.82, 2.24) is 14.9 Å². The zero-order valence-corrected chi connectivity index (χ0v) is 21.5. The number of nitrogens with one attached hydrogen (secondary N) is 1. The SMILES string of the molecule is CN1CC2CCN(c3c(Br)cnc4[nH]c5c(N(C)C(=O)OC(C)(C)C)cc(F)c(F)c5c34)[C@@H]2C1. The number of likely N-dealkylation sites (N-methyl/N-ethyl adjacent to an activating group) is 1. The second kappa shape index (κ2) is 8.05. The smallest absolute Gasteiger partial charge is 0.414 e. The van der Waals surface area contributed by atoms with Crippen LogP contribution in [0.4, 0.5) is 25.0 Å². The summed E-state index contributed by atoms with van der Waals surface area (Å²) in [6, 6.07) is 1.31. The van der Waals surface area contributed by atoms with E-state index < -0.39 is 23.3 Å². The van der Waals surface area contributed by atoms with Gasteiger partial charge in [0.05, 0.1) is 32.1 Å². The molecule has 0 saturated carbocycles. The predicted molar refractivity (Wildman–Crippen MR) is 133 cm³/mol. The van der Waals surface area contributed by atoms with E-state index in [1.54, 1.807) is 27.0 Å². The molecular weight excluding hydrogens is 508 g/mol. The first kappa shape index (κ1) is 23.3. The van der Waals surface area contributed by atoms with Crippen LogP contribution in [-0.2, 0) is 4.74 Å². The minimum Gasteiger partial charge on any atom is -0.443 e. The van der Waals surface area contributed by atoms with Gasteiger partial charge < -0.3 is 19.5 Å². The summed E-state index contributed by atoms with van der Waals surface area (Å²) in [5.74, 6) is -1.48. The van der Waals surface area contributed by atoms with E-state index in [2.05, 4.69) is 42.7 Å². The molecule has 1 aromatic carbocycles. The first-order valence-electron chi connectivity index (χ1n) is 11.4. The van der Waals surface area contributed by atoms with Crippen molar-refractivity contribution in [2.45, 2.75) is 38.8 Å². The number of ether oxygens (including phenoxy) is 1. The van der Waals surface area contributed by atoms with E-state index >= 15 is 4.39 Å². The van der Waals surface area contributed by atoms with Crippen LogP contribution in [0.1, 0.15) is 27.2 Å². The van der Waals surface area contributed by atoms with E-state index in [-0.39, 0.29) is 17.1 Å². The van der Waals surface area contributed by atoms with Crippen LogP contribution in [0.3, 0.4) is 0 Å². The molecule has 1 N–H and O–H groups in total. The molecule has 0 spiro atoms. The van der Waals surface area contributed by atoms with Gasteiger partial charge in [0.15, 0.2) is 11.6 Å². The fourth-order valence-electron chi connectivity index (χ4n) is 5.33. The highest BCUT2D eigenvalue weighted by Gasteiger charge is 2.41. The fourth-order valence-corrected chi connectivity index (χ4v) is 5.86. The number of fused-ring (bicyclic) bond motifs is 4. The van der Waals surface area contributed by atoms with Crippen molar-refractivity contribution >= 4 is 55.3 Å². The molecule has 3 aromatic rings. The third-order valence-electron chi connectivity index (χ3n) is 6.75. The number of amides is 1. The van der Waals surface area contributed by atoms with Crippen molar-refractivity contribution in [2.24, 2.45) is 5.92 Å². The van der Waals surface area contributed by atoms with Crippen LogP contribution in [0, 0.1) is 17.6 Å². The Balaban J connectivity index is 1.72. The zero-order chi connectivity index (χ0) is 24.5. The minimum atomic E-state index is -1.04. The highest BCUT2D eigenvalue weighted by atomic mass is 79.9. The summed E-state index contributed by atoms with van der Waals surface area (Å²) in [6.07, 6.45) is 2.06. The van der Waals surface area contributed by atoms with Crippen LogP contribution in [-0.4, -0.2) is 66.3 Å². The van der Waals surface area contributed by atoms with Crippen molar-refractivity contribution in [3.8, 4) is 0 Å². The van der Waals surface area contributed by atoms with Crippen LogP contribution in [0.2, 0.25) is 0 Å². The molecule has 2 aliphatic heterocycles. The molecule has 2 aromatic heterocycles. The van der Waals surface area contributed by atoms with Crippen LogP contribution in [0.5, 0.6) is 0 Å². The average Bonchev–Trinajstić information content (AvgIpc) is 3.41. The second-order valence-electron chi connectivity index (χ2n) is 10.3. The van der Waals surface area contributed by atoms with Gasteiger partial charge in [-0.15, -0.1) is 0 Å². The Kier molecular flexibility index (Phi) is 5.51. The summed E-state index contributed by atoms with van der Waals surface area (Å²) in [5.41, 5.74) is 0.987. The van der Waals surface area contributed by atoms with Gasteiger partial charge in [-0.2, -0.15) is 0 Å². The second-order valence-corrected chi connectivity index (χ2v) is 11.2. The Labute approximate surface area is 205 Å². The number of carbonyl (C=O) groups excluding carboxylic acids is 1. The molecule has 1 unspecified atom stereocenters. The summed E-state index contributed by atoms with van der Waals surface area (Å²) in [5, 5.41) is 0.592. The van der Waals surface area contributed by atoms with E-state index in [1.165, 1.54) is 11.9 Å². The van der Waals surface area contributed by atoms with Gasteiger partial charge in [-0.3, -0.25) is 4.90 Å². The number of aromatic nitrogens is 2. The summed E-state index contributed by atoms with van der Waals surface area (Å²) in [4.78, 5) is 26.1. The Morgan fingerprint density at radius 3 is 2.74 bits per heavy atom. The van der Waals surface area contributed by atoms with E-state index in [4.69, 9.17) is 4.74 Å². The summed E-state index contributed by atoms with van der Waals surface area (Å²) in [7, 11) is 3.59. The number of pyridine rings is 1. The molecule has 0 bridgehead atoms. The van der Waals surface area contributed by atoms with Crippen molar-refractivity contribution in [3.63, 3.8) is 0 Å². The Morgan fingerprint density at radius 1 is 1.29 bits per heavy atom. The van der Waals surface area contributed by atoms with Gasteiger partial charge in [0.25, 0.3) is 0 Å². The van der Waals surface area contributed by atoms with E-state index in [0.29, 0.717) is 22.5 Å². The predicted octanol–water partition coefficient (Wildman–Crippen LogP) is 5.27. The maximum atomic E-state index is 15.4. The molecule has 1 amide bonds. The number of carbonyl (C=O) groups is 1. The number of halogens is 3. The lowest BCUT2D eigenvalue weighted by molar-refractivity contribution is 0.0589. The van der Waals surface area contributed by atoms with E-state index in [0.717, 1.165) is 42.3 Å². The number of aromatic amines is 1. The minimum absolute atomic E-state index is 0.0824. The van der Waals surface area contributed by atoms with Gasteiger partial charge in [0.1, 0.15) is 11.2 Å². The molecule has 5 rings (SSSR count). The van der Waals surface area contributed by atoms with Gasteiger partial charge in [-0.05, 0) is 56.1 Å². The normalized spacial score (nSPS) is 21.0. The topological polar surface area (TPSA) is 64.7 Å². The molecule has 7 nitrogen and oxygen atoms in total. The lowest BCUT2D eigenvalue weighted by Gasteiger charge is -2.28. The van der Waals surface area contributed by atoms with Crippen LogP contribution in [0.15, 0.2) is 16.7 Å². The molecule has 2 saturated heterocycles. The van der Waals surface area contributed by atoms with Gasteiger partial charge in [0.2, 0.25) is 0 Å². The zero-order valence-electron chi connectivity index (χ0n) is 19.9. The fraction of sp³-hybridized carbons (Fsp3) is 0.500. The molecule has 0 aliphatic carbocycles. The molecule has 0 radical (unpaired) electrons. The number of likely N-dealkylation sites (tertiary alicyclic amines) is 1. The molecule has 10 heteroatoms. The number of hydrogen-bond acceptors (Lipinski definition) is 5. The summed E-state index contributed by atoms with van der Waals surface area (Å²) < 4.78 is 36.5. The Bertz CT molecular complexity index is 1300. The number of H-pyrrole nitrogens is 1.